The maximum absolute atomic E-state index is 12.6. The van der Waals surface area contributed by atoms with Crippen LogP contribution in [0.2, 0.25) is 0 Å². The molecule has 0 aromatic heterocycles. The number of para-hydroxylation sites is 1. The van der Waals surface area contributed by atoms with Crippen molar-refractivity contribution < 1.29 is 4.79 Å². The van der Waals surface area contributed by atoms with Crippen LogP contribution in [-0.2, 0) is 11.2 Å². The Hall–Kier alpha value is -1.82. The van der Waals surface area contributed by atoms with Gasteiger partial charge in [-0.2, -0.15) is 5.26 Å². The number of amides is 1. The van der Waals surface area contributed by atoms with Gasteiger partial charge < -0.3 is 5.32 Å². The van der Waals surface area contributed by atoms with Gasteiger partial charge >= 0.3 is 0 Å². The highest BCUT2D eigenvalue weighted by Crippen LogP contribution is 2.37. The molecule has 1 fully saturated rings. The van der Waals surface area contributed by atoms with Crippen LogP contribution in [0.5, 0.6) is 0 Å². The fourth-order valence-corrected chi connectivity index (χ4v) is 2.98. The van der Waals surface area contributed by atoms with Crippen molar-refractivity contribution in [1.29, 1.82) is 5.26 Å². The van der Waals surface area contributed by atoms with Gasteiger partial charge in [0.15, 0.2) is 0 Å². The summed E-state index contributed by atoms with van der Waals surface area (Å²) in [5.74, 6) is -0.122. The Kier molecular flexibility index (Phi) is 4.44. The van der Waals surface area contributed by atoms with E-state index < -0.39 is 5.41 Å². The number of rotatable bonds is 3. The van der Waals surface area contributed by atoms with E-state index in [4.69, 9.17) is 0 Å². The summed E-state index contributed by atoms with van der Waals surface area (Å²) in [6, 6.07) is 8.31. The molecule has 1 aliphatic rings. The van der Waals surface area contributed by atoms with E-state index in [1.807, 2.05) is 25.1 Å². The van der Waals surface area contributed by atoms with Crippen LogP contribution in [0.15, 0.2) is 18.2 Å². The lowest BCUT2D eigenvalue weighted by atomic mass is 9.74. The maximum Gasteiger partial charge on any atom is 0.244 e. The average Bonchev–Trinajstić information content (AvgIpc) is 2.49. The standard InChI is InChI=1S/C17H22N2O/c1-3-14-9-7-8-13(2)15(14)19-16(20)17(12-18)10-5-4-6-11-17/h7-9H,3-6,10-11H2,1-2H3,(H,19,20). The Bertz CT molecular complexity index is 536. The van der Waals surface area contributed by atoms with Crippen LogP contribution < -0.4 is 5.32 Å². The molecule has 0 aliphatic heterocycles. The van der Waals surface area contributed by atoms with Gasteiger partial charge in [-0.25, -0.2) is 0 Å². The van der Waals surface area contributed by atoms with E-state index in [0.717, 1.165) is 42.5 Å². The summed E-state index contributed by atoms with van der Waals surface area (Å²) < 4.78 is 0. The van der Waals surface area contributed by atoms with Gasteiger partial charge in [0.25, 0.3) is 0 Å². The second-order valence-corrected chi connectivity index (χ2v) is 5.67. The Morgan fingerprint density at radius 2 is 2.05 bits per heavy atom. The molecule has 3 nitrogen and oxygen atoms in total. The van der Waals surface area contributed by atoms with E-state index >= 15 is 0 Å². The molecule has 1 amide bonds. The molecule has 106 valence electrons. The molecular weight excluding hydrogens is 248 g/mol. The topological polar surface area (TPSA) is 52.9 Å². The number of hydrogen-bond donors (Lipinski definition) is 1. The number of nitrogens with one attached hydrogen (secondary N) is 1. The number of hydrogen-bond acceptors (Lipinski definition) is 2. The quantitative estimate of drug-likeness (QED) is 0.903. The van der Waals surface area contributed by atoms with Crippen LogP contribution in [0.25, 0.3) is 0 Å². The van der Waals surface area contributed by atoms with Crippen molar-refractivity contribution in [3.05, 3.63) is 29.3 Å². The van der Waals surface area contributed by atoms with Gasteiger partial charge in [0.2, 0.25) is 5.91 Å². The van der Waals surface area contributed by atoms with Crippen LogP contribution in [-0.4, -0.2) is 5.91 Å². The van der Waals surface area contributed by atoms with Gasteiger partial charge in [-0.3, -0.25) is 4.79 Å². The minimum absolute atomic E-state index is 0.122. The molecule has 0 saturated heterocycles. The van der Waals surface area contributed by atoms with Crippen molar-refractivity contribution in [1.82, 2.24) is 0 Å². The molecule has 1 saturated carbocycles. The van der Waals surface area contributed by atoms with Crippen molar-refractivity contribution in [3.63, 3.8) is 0 Å². The highest BCUT2D eigenvalue weighted by Gasteiger charge is 2.40. The summed E-state index contributed by atoms with van der Waals surface area (Å²) in [4.78, 5) is 12.6. The van der Waals surface area contributed by atoms with Gasteiger partial charge in [-0.1, -0.05) is 44.4 Å². The van der Waals surface area contributed by atoms with Crippen LogP contribution in [0.1, 0.15) is 50.2 Å². The lowest BCUT2D eigenvalue weighted by Gasteiger charge is -2.29. The van der Waals surface area contributed by atoms with Crippen LogP contribution in [0, 0.1) is 23.7 Å². The molecule has 1 aromatic carbocycles. The molecule has 20 heavy (non-hydrogen) atoms. The van der Waals surface area contributed by atoms with Crippen LogP contribution in [0.3, 0.4) is 0 Å². The zero-order valence-corrected chi connectivity index (χ0v) is 12.3. The minimum atomic E-state index is -0.828. The largest absolute Gasteiger partial charge is 0.324 e. The molecule has 0 unspecified atom stereocenters. The molecule has 3 heteroatoms. The number of aryl methyl sites for hydroxylation is 2. The van der Waals surface area contributed by atoms with Crippen molar-refractivity contribution in [2.75, 3.05) is 5.32 Å². The van der Waals surface area contributed by atoms with Gasteiger partial charge in [0, 0.05) is 5.69 Å². The van der Waals surface area contributed by atoms with E-state index in [0.29, 0.717) is 12.8 Å². The predicted octanol–water partition coefficient (Wildman–Crippen LogP) is 3.97. The van der Waals surface area contributed by atoms with Crippen molar-refractivity contribution >= 4 is 11.6 Å². The monoisotopic (exact) mass is 270 g/mol. The van der Waals surface area contributed by atoms with E-state index in [2.05, 4.69) is 18.3 Å². The maximum atomic E-state index is 12.6. The normalized spacial score (nSPS) is 17.2. The second-order valence-electron chi connectivity index (χ2n) is 5.67. The summed E-state index contributed by atoms with van der Waals surface area (Å²) in [6.07, 6.45) is 5.30. The highest BCUT2D eigenvalue weighted by molar-refractivity contribution is 5.98. The number of carbonyl (C=O) groups is 1. The number of carbonyl (C=O) groups excluding carboxylic acids is 1. The first-order valence-electron chi connectivity index (χ1n) is 7.44. The van der Waals surface area contributed by atoms with Crippen LogP contribution >= 0.6 is 0 Å². The van der Waals surface area contributed by atoms with E-state index in [1.165, 1.54) is 0 Å². The summed E-state index contributed by atoms with van der Waals surface area (Å²) in [7, 11) is 0. The fraction of sp³-hybridized carbons (Fsp3) is 0.529. The molecule has 1 N–H and O–H groups in total. The zero-order valence-electron chi connectivity index (χ0n) is 12.3. The lowest BCUT2D eigenvalue weighted by molar-refractivity contribution is -0.124. The Labute approximate surface area is 121 Å². The van der Waals surface area contributed by atoms with Crippen molar-refractivity contribution in [2.24, 2.45) is 5.41 Å². The van der Waals surface area contributed by atoms with Crippen molar-refractivity contribution in [2.45, 2.75) is 52.4 Å². The molecular formula is C17H22N2O. The first-order valence-corrected chi connectivity index (χ1v) is 7.44. The molecule has 1 aromatic rings. The number of nitriles is 1. The zero-order chi connectivity index (χ0) is 14.6. The molecule has 0 bridgehead atoms. The molecule has 1 aliphatic carbocycles. The van der Waals surface area contributed by atoms with Crippen molar-refractivity contribution in [3.8, 4) is 6.07 Å². The fourth-order valence-electron chi connectivity index (χ4n) is 2.98. The van der Waals surface area contributed by atoms with E-state index in [-0.39, 0.29) is 5.91 Å². The third-order valence-corrected chi connectivity index (χ3v) is 4.33. The summed E-state index contributed by atoms with van der Waals surface area (Å²) in [5.41, 5.74) is 2.25. The van der Waals surface area contributed by atoms with Crippen LogP contribution in [0.4, 0.5) is 5.69 Å². The third-order valence-electron chi connectivity index (χ3n) is 4.33. The second kappa shape index (κ2) is 6.09. The predicted molar refractivity (Wildman–Crippen MR) is 80.3 cm³/mol. The third kappa shape index (κ3) is 2.70. The average molecular weight is 270 g/mol. The molecule has 0 radical (unpaired) electrons. The first kappa shape index (κ1) is 14.6. The lowest BCUT2D eigenvalue weighted by Crippen LogP contribution is -2.37. The SMILES string of the molecule is CCc1cccc(C)c1NC(=O)C1(C#N)CCCCC1. The summed E-state index contributed by atoms with van der Waals surface area (Å²) in [5, 5.41) is 12.5. The Balaban J connectivity index is 2.25. The summed E-state index contributed by atoms with van der Waals surface area (Å²) >= 11 is 0. The van der Waals surface area contributed by atoms with Gasteiger partial charge in [-0.15, -0.1) is 0 Å². The molecule has 0 spiro atoms. The highest BCUT2D eigenvalue weighted by atomic mass is 16.2. The number of benzene rings is 1. The molecule has 0 atom stereocenters. The van der Waals surface area contributed by atoms with Gasteiger partial charge in [0.05, 0.1) is 6.07 Å². The Morgan fingerprint density at radius 3 is 2.65 bits per heavy atom. The minimum Gasteiger partial charge on any atom is -0.324 e. The number of nitrogens with zero attached hydrogens (tertiary/aromatic N) is 1. The molecule has 2 rings (SSSR count). The first-order chi connectivity index (χ1) is 9.63. The Morgan fingerprint density at radius 1 is 1.35 bits per heavy atom. The van der Waals surface area contributed by atoms with E-state index in [1.54, 1.807) is 0 Å². The van der Waals surface area contributed by atoms with Gasteiger partial charge in [-0.05, 0) is 37.3 Å². The molecule has 0 heterocycles. The smallest absolute Gasteiger partial charge is 0.244 e. The van der Waals surface area contributed by atoms with Gasteiger partial charge in [0.1, 0.15) is 5.41 Å². The summed E-state index contributed by atoms with van der Waals surface area (Å²) in [6.45, 7) is 4.07. The number of anilines is 1. The van der Waals surface area contributed by atoms with E-state index in [9.17, 15) is 10.1 Å².